The Labute approximate surface area is 173 Å². The Balaban J connectivity index is 1.54. The molecular formula is C22H21N5OS. The second-order valence-electron chi connectivity index (χ2n) is 6.31. The lowest BCUT2D eigenvalue weighted by Crippen LogP contribution is -2.02. The predicted octanol–water partition coefficient (Wildman–Crippen LogP) is 4.62. The van der Waals surface area contributed by atoms with Crippen molar-refractivity contribution in [2.24, 2.45) is 0 Å². The summed E-state index contributed by atoms with van der Waals surface area (Å²) in [5, 5.41) is 14.0. The maximum atomic E-state index is 5.49. The number of thioether (sulfide) groups is 1. The molecule has 0 atom stereocenters. The number of aromatic nitrogens is 5. The number of ether oxygens (including phenoxy) is 1. The van der Waals surface area contributed by atoms with Gasteiger partial charge in [0, 0.05) is 24.7 Å². The Morgan fingerprint density at radius 3 is 2.62 bits per heavy atom. The van der Waals surface area contributed by atoms with E-state index in [4.69, 9.17) is 4.74 Å². The van der Waals surface area contributed by atoms with Gasteiger partial charge < -0.3 is 4.74 Å². The quantitative estimate of drug-likeness (QED) is 0.317. The van der Waals surface area contributed by atoms with Gasteiger partial charge in [-0.3, -0.25) is 4.57 Å². The molecule has 0 radical (unpaired) electrons. The third-order valence-electron chi connectivity index (χ3n) is 4.45. The van der Waals surface area contributed by atoms with E-state index in [2.05, 4.69) is 50.7 Å². The lowest BCUT2D eigenvalue weighted by Gasteiger charge is -2.10. The van der Waals surface area contributed by atoms with E-state index in [9.17, 15) is 0 Å². The lowest BCUT2D eigenvalue weighted by atomic mass is 10.2. The van der Waals surface area contributed by atoms with E-state index in [1.54, 1.807) is 25.1 Å². The average Bonchev–Trinajstić information content (AvgIpc) is 3.43. The molecule has 146 valence electrons. The highest BCUT2D eigenvalue weighted by Gasteiger charge is 2.16. The van der Waals surface area contributed by atoms with E-state index in [1.165, 1.54) is 5.56 Å². The van der Waals surface area contributed by atoms with Gasteiger partial charge in [0.05, 0.1) is 18.4 Å². The number of hydrogen-bond acceptors (Lipinski definition) is 5. The molecule has 0 bridgehead atoms. The predicted molar refractivity (Wildman–Crippen MR) is 115 cm³/mol. The summed E-state index contributed by atoms with van der Waals surface area (Å²) in [4.78, 5) is 0. The van der Waals surface area contributed by atoms with Crippen molar-refractivity contribution in [3.63, 3.8) is 0 Å². The molecule has 0 fully saturated rings. The van der Waals surface area contributed by atoms with Crippen LogP contribution in [-0.2, 0) is 12.3 Å². The molecule has 0 spiro atoms. The molecule has 4 aromatic rings. The van der Waals surface area contributed by atoms with Gasteiger partial charge in [0.25, 0.3) is 0 Å². The number of methoxy groups -OCH3 is 1. The van der Waals surface area contributed by atoms with Gasteiger partial charge in [-0.15, -0.1) is 16.8 Å². The third-order valence-corrected chi connectivity index (χ3v) is 5.49. The highest BCUT2D eigenvalue weighted by molar-refractivity contribution is 7.98. The van der Waals surface area contributed by atoms with Gasteiger partial charge in [-0.2, -0.15) is 5.10 Å². The first-order valence-electron chi connectivity index (χ1n) is 9.19. The van der Waals surface area contributed by atoms with Crippen molar-refractivity contribution < 1.29 is 4.74 Å². The minimum atomic E-state index is 0.626. The van der Waals surface area contributed by atoms with Crippen LogP contribution in [0.25, 0.3) is 17.1 Å². The van der Waals surface area contributed by atoms with Crippen molar-refractivity contribution in [2.75, 3.05) is 7.11 Å². The molecule has 0 saturated heterocycles. The van der Waals surface area contributed by atoms with Gasteiger partial charge in [-0.25, -0.2) is 4.68 Å². The molecule has 0 N–H and O–H groups in total. The molecule has 29 heavy (non-hydrogen) atoms. The summed E-state index contributed by atoms with van der Waals surface area (Å²) in [6.45, 7) is 4.51. The van der Waals surface area contributed by atoms with Crippen LogP contribution >= 0.6 is 11.8 Å². The zero-order chi connectivity index (χ0) is 20.1. The van der Waals surface area contributed by atoms with Crippen molar-refractivity contribution in [3.05, 3.63) is 85.2 Å². The molecule has 6 nitrogen and oxygen atoms in total. The van der Waals surface area contributed by atoms with Crippen molar-refractivity contribution in [1.29, 1.82) is 0 Å². The van der Waals surface area contributed by atoms with E-state index >= 15 is 0 Å². The fraction of sp³-hybridized carbons (Fsp3) is 0.136. The SMILES string of the molecule is C=CCn1c(SCc2ccc(-n3cccn3)cc2)nnc1-c1ccccc1OC. The summed E-state index contributed by atoms with van der Waals surface area (Å²) < 4.78 is 9.40. The van der Waals surface area contributed by atoms with Crippen LogP contribution in [0.3, 0.4) is 0 Å². The van der Waals surface area contributed by atoms with Crippen LogP contribution in [0.15, 0.2) is 84.8 Å². The van der Waals surface area contributed by atoms with Crippen molar-refractivity contribution in [1.82, 2.24) is 24.5 Å². The van der Waals surface area contributed by atoms with Crippen LogP contribution in [-0.4, -0.2) is 31.7 Å². The molecule has 0 aliphatic rings. The molecule has 0 saturated carbocycles. The Morgan fingerprint density at radius 2 is 1.90 bits per heavy atom. The summed E-state index contributed by atoms with van der Waals surface area (Å²) >= 11 is 1.65. The van der Waals surface area contributed by atoms with Crippen LogP contribution in [0, 0.1) is 0 Å². The average molecular weight is 404 g/mol. The highest BCUT2D eigenvalue weighted by atomic mass is 32.2. The van der Waals surface area contributed by atoms with Gasteiger partial charge in [-0.05, 0) is 35.9 Å². The second kappa shape index (κ2) is 8.79. The van der Waals surface area contributed by atoms with E-state index in [-0.39, 0.29) is 0 Å². The Morgan fingerprint density at radius 1 is 1.07 bits per heavy atom. The first-order chi connectivity index (χ1) is 14.3. The van der Waals surface area contributed by atoms with Gasteiger partial charge >= 0.3 is 0 Å². The van der Waals surface area contributed by atoms with E-state index < -0.39 is 0 Å². The first-order valence-corrected chi connectivity index (χ1v) is 10.2. The Kier molecular flexibility index (Phi) is 5.76. The van der Waals surface area contributed by atoms with Crippen molar-refractivity contribution in [3.8, 4) is 22.8 Å². The molecular weight excluding hydrogens is 382 g/mol. The zero-order valence-corrected chi connectivity index (χ0v) is 16.9. The highest BCUT2D eigenvalue weighted by Crippen LogP contribution is 2.31. The smallest absolute Gasteiger partial charge is 0.192 e. The summed E-state index contributed by atoms with van der Waals surface area (Å²) in [7, 11) is 1.66. The van der Waals surface area contributed by atoms with E-state index in [0.29, 0.717) is 6.54 Å². The third kappa shape index (κ3) is 4.09. The van der Waals surface area contributed by atoms with Crippen molar-refractivity contribution in [2.45, 2.75) is 17.5 Å². The van der Waals surface area contributed by atoms with Crippen molar-refractivity contribution >= 4 is 11.8 Å². The minimum Gasteiger partial charge on any atom is -0.496 e. The van der Waals surface area contributed by atoms with Gasteiger partial charge in [0.15, 0.2) is 11.0 Å². The molecule has 2 aromatic carbocycles. The number of allylic oxidation sites excluding steroid dienone is 1. The monoisotopic (exact) mass is 403 g/mol. The van der Waals surface area contributed by atoms with Crippen LogP contribution in [0.2, 0.25) is 0 Å². The van der Waals surface area contributed by atoms with Gasteiger partial charge in [-0.1, -0.05) is 42.1 Å². The molecule has 2 aromatic heterocycles. The molecule has 0 aliphatic carbocycles. The topological polar surface area (TPSA) is 57.8 Å². The van der Waals surface area contributed by atoms with Crippen LogP contribution in [0.5, 0.6) is 5.75 Å². The summed E-state index contributed by atoms with van der Waals surface area (Å²) in [5.74, 6) is 2.34. The molecule has 7 heteroatoms. The largest absolute Gasteiger partial charge is 0.496 e. The molecule has 2 heterocycles. The zero-order valence-electron chi connectivity index (χ0n) is 16.1. The van der Waals surface area contributed by atoms with Crippen LogP contribution in [0.1, 0.15) is 5.56 Å². The molecule has 0 amide bonds. The normalized spacial score (nSPS) is 10.8. The Hall–Kier alpha value is -3.32. The fourth-order valence-corrected chi connectivity index (χ4v) is 3.94. The number of nitrogens with zero attached hydrogens (tertiary/aromatic N) is 5. The standard InChI is InChI=1S/C22H21N5OS/c1-3-14-26-21(19-7-4-5-8-20(19)28-2)24-25-22(26)29-16-17-9-11-18(12-10-17)27-15-6-13-23-27/h3-13,15H,1,14,16H2,2H3. The number of hydrogen-bond donors (Lipinski definition) is 0. The summed E-state index contributed by atoms with van der Waals surface area (Å²) in [6, 6.07) is 18.1. The van der Waals surface area contributed by atoms with Gasteiger partial charge in [0.1, 0.15) is 5.75 Å². The maximum Gasteiger partial charge on any atom is 0.192 e. The van der Waals surface area contributed by atoms with Crippen LogP contribution < -0.4 is 4.74 Å². The Bertz CT molecular complexity index is 1090. The van der Waals surface area contributed by atoms with E-state index in [0.717, 1.165) is 33.7 Å². The maximum absolute atomic E-state index is 5.49. The fourth-order valence-electron chi connectivity index (χ4n) is 3.03. The minimum absolute atomic E-state index is 0.626. The lowest BCUT2D eigenvalue weighted by molar-refractivity contribution is 0.416. The molecule has 4 rings (SSSR count). The van der Waals surface area contributed by atoms with E-state index in [1.807, 2.05) is 47.3 Å². The summed E-state index contributed by atoms with van der Waals surface area (Å²) in [5.41, 5.74) is 3.16. The second-order valence-corrected chi connectivity index (χ2v) is 7.25. The molecule has 0 aliphatic heterocycles. The van der Waals surface area contributed by atoms with Gasteiger partial charge in [0.2, 0.25) is 0 Å². The number of para-hydroxylation sites is 1. The number of rotatable bonds is 8. The molecule has 0 unspecified atom stereocenters. The number of benzene rings is 2. The first kappa shape index (κ1) is 19.0. The van der Waals surface area contributed by atoms with Crippen LogP contribution in [0.4, 0.5) is 0 Å². The summed E-state index contributed by atoms with van der Waals surface area (Å²) in [6.07, 6.45) is 5.56.